The molecule has 1 saturated heterocycles. The van der Waals surface area contributed by atoms with Gasteiger partial charge in [-0.05, 0) is 55.8 Å². The first-order chi connectivity index (χ1) is 11.6. The van der Waals surface area contributed by atoms with Gasteiger partial charge in [-0.25, -0.2) is 13.1 Å². The number of nitrogens with zero attached hydrogens (tertiary/aromatic N) is 1. The molecule has 6 heteroatoms. The standard InChI is InChI=1S/C18H21ClN2O2S/c19-16-8-10-17(11-9-16)24(22,23)20-14-18(21-12-4-5-13-21)15-6-2-1-3-7-15/h1-3,6-11,18,20H,4-5,12-14H2. The average molecular weight is 365 g/mol. The normalized spacial score (nSPS) is 17.0. The first kappa shape index (κ1) is 17.4. The highest BCUT2D eigenvalue weighted by Gasteiger charge is 2.25. The van der Waals surface area contributed by atoms with Crippen molar-refractivity contribution in [2.45, 2.75) is 23.8 Å². The molecule has 2 aromatic rings. The maximum atomic E-state index is 12.5. The summed E-state index contributed by atoms with van der Waals surface area (Å²) < 4.78 is 27.8. The van der Waals surface area contributed by atoms with Crippen LogP contribution in [-0.4, -0.2) is 33.0 Å². The number of sulfonamides is 1. The third-order valence-corrected chi connectivity index (χ3v) is 6.05. The first-order valence-corrected chi connectivity index (χ1v) is 9.96. The minimum absolute atomic E-state index is 0.0516. The van der Waals surface area contributed by atoms with E-state index in [4.69, 9.17) is 11.6 Å². The minimum atomic E-state index is -3.54. The van der Waals surface area contributed by atoms with Gasteiger partial charge >= 0.3 is 0 Å². The lowest BCUT2D eigenvalue weighted by Crippen LogP contribution is -2.36. The smallest absolute Gasteiger partial charge is 0.240 e. The average Bonchev–Trinajstić information content (AvgIpc) is 3.11. The monoisotopic (exact) mass is 364 g/mol. The minimum Gasteiger partial charge on any atom is -0.295 e. The van der Waals surface area contributed by atoms with E-state index >= 15 is 0 Å². The zero-order chi connectivity index (χ0) is 17.0. The lowest BCUT2D eigenvalue weighted by Gasteiger charge is -2.28. The molecule has 128 valence electrons. The van der Waals surface area contributed by atoms with Gasteiger partial charge in [-0.3, -0.25) is 4.90 Å². The molecule has 0 saturated carbocycles. The summed E-state index contributed by atoms with van der Waals surface area (Å²) in [4.78, 5) is 2.58. The number of likely N-dealkylation sites (tertiary alicyclic amines) is 1. The predicted octanol–water partition coefficient (Wildman–Crippen LogP) is 3.46. The summed E-state index contributed by atoms with van der Waals surface area (Å²) in [5.74, 6) is 0. The van der Waals surface area contributed by atoms with Crippen molar-refractivity contribution in [1.29, 1.82) is 0 Å². The quantitative estimate of drug-likeness (QED) is 0.854. The van der Waals surface area contributed by atoms with Crippen molar-refractivity contribution in [1.82, 2.24) is 9.62 Å². The van der Waals surface area contributed by atoms with Crippen molar-refractivity contribution in [3.05, 3.63) is 65.2 Å². The van der Waals surface area contributed by atoms with Gasteiger partial charge in [-0.1, -0.05) is 41.9 Å². The van der Waals surface area contributed by atoms with E-state index in [0.29, 0.717) is 11.6 Å². The van der Waals surface area contributed by atoms with Gasteiger partial charge in [0.25, 0.3) is 0 Å². The van der Waals surface area contributed by atoms with Crippen molar-refractivity contribution in [3.63, 3.8) is 0 Å². The maximum absolute atomic E-state index is 12.5. The number of rotatable bonds is 6. The van der Waals surface area contributed by atoms with Crippen LogP contribution >= 0.6 is 11.6 Å². The highest BCUT2D eigenvalue weighted by Crippen LogP contribution is 2.25. The molecule has 4 nitrogen and oxygen atoms in total. The molecule has 1 unspecified atom stereocenters. The Kier molecular flexibility index (Phi) is 5.56. The molecule has 1 aliphatic heterocycles. The predicted molar refractivity (Wildman–Crippen MR) is 96.6 cm³/mol. The van der Waals surface area contributed by atoms with Crippen LogP contribution in [0.5, 0.6) is 0 Å². The molecule has 1 fully saturated rings. The number of benzene rings is 2. The van der Waals surface area contributed by atoms with Crippen LogP contribution in [-0.2, 0) is 10.0 Å². The van der Waals surface area contributed by atoms with Crippen LogP contribution in [0.15, 0.2) is 59.5 Å². The SMILES string of the molecule is O=S(=O)(NCC(c1ccccc1)N1CCCC1)c1ccc(Cl)cc1. The number of halogens is 1. The van der Waals surface area contributed by atoms with Crippen molar-refractivity contribution in [3.8, 4) is 0 Å². The van der Waals surface area contributed by atoms with E-state index < -0.39 is 10.0 Å². The summed E-state index contributed by atoms with van der Waals surface area (Å²) in [6.07, 6.45) is 2.32. The Morgan fingerprint density at radius 3 is 2.25 bits per heavy atom. The van der Waals surface area contributed by atoms with Gasteiger partial charge in [0, 0.05) is 17.6 Å². The van der Waals surface area contributed by atoms with Gasteiger partial charge in [0.05, 0.1) is 4.90 Å². The molecule has 0 spiro atoms. The number of hydrogen-bond donors (Lipinski definition) is 1. The van der Waals surface area contributed by atoms with Crippen molar-refractivity contribution in [2.24, 2.45) is 0 Å². The Morgan fingerprint density at radius 1 is 1.00 bits per heavy atom. The van der Waals surface area contributed by atoms with Crippen LogP contribution in [0, 0.1) is 0 Å². The second-order valence-corrected chi connectivity index (χ2v) is 8.18. The van der Waals surface area contributed by atoms with Crippen molar-refractivity contribution >= 4 is 21.6 Å². The summed E-state index contributed by atoms with van der Waals surface area (Å²) in [7, 11) is -3.54. The van der Waals surface area contributed by atoms with E-state index in [9.17, 15) is 8.42 Å². The van der Waals surface area contributed by atoms with E-state index in [-0.39, 0.29) is 10.9 Å². The second-order valence-electron chi connectivity index (χ2n) is 5.98. The molecule has 1 atom stereocenters. The summed E-state index contributed by atoms with van der Waals surface area (Å²) >= 11 is 5.83. The van der Waals surface area contributed by atoms with Crippen molar-refractivity contribution < 1.29 is 8.42 Å². The lowest BCUT2D eigenvalue weighted by molar-refractivity contribution is 0.246. The van der Waals surface area contributed by atoms with E-state index in [1.807, 2.05) is 18.2 Å². The molecule has 0 radical (unpaired) electrons. The van der Waals surface area contributed by atoms with Crippen LogP contribution in [0.3, 0.4) is 0 Å². The maximum Gasteiger partial charge on any atom is 0.240 e. The van der Waals surface area contributed by atoms with Gasteiger partial charge in [0.2, 0.25) is 10.0 Å². The molecule has 1 aliphatic rings. The molecule has 2 aromatic carbocycles. The van der Waals surface area contributed by atoms with Crippen LogP contribution in [0.4, 0.5) is 0 Å². The van der Waals surface area contributed by atoms with Gasteiger partial charge in [-0.15, -0.1) is 0 Å². The molecular weight excluding hydrogens is 344 g/mol. The molecule has 0 bridgehead atoms. The number of nitrogens with one attached hydrogen (secondary N) is 1. The summed E-state index contributed by atoms with van der Waals surface area (Å²) in [6, 6.07) is 16.3. The molecule has 1 heterocycles. The zero-order valence-electron chi connectivity index (χ0n) is 13.4. The highest BCUT2D eigenvalue weighted by molar-refractivity contribution is 7.89. The Morgan fingerprint density at radius 2 is 1.62 bits per heavy atom. The van der Waals surface area contributed by atoms with E-state index in [2.05, 4.69) is 21.8 Å². The Hall–Kier alpha value is -1.40. The Labute approximate surface area is 148 Å². The van der Waals surface area contributed by atoms with Crippen LogP contribution in [0.2, 0.25) is 5.02 Å². The zero-order valence-corrected chi connectivity index (χ0v) is 14.9. The molecule has 3 rings (SSSR count). The fourth-order valence-electron chi connectivity index (χ4n) is 3.07. The Balaban J connectivity index is 1.76. The summed E-state index contributed by atoms with van der Waals surface area (Å²) in [5, 5.41) is 0.521. The highest BCUT2D eigenvalue weighted by atomic mass is 35.5. The topological polar surface area (TPSA) is 49.4 Å². The molecule has 1 N–H and O–H groups in total. The molecule has 0 aromatic heterocycles. The van der Waals surface area contributed by atoms with E-state index in [1.54, 1.807) is 12.1 Å². The van der Waals surface area contributed by atoms with Gasteiger partial charge in [0.1, 0.15) is 0 Å². The van der Waals surface area contributed by atoms with Crippen LogP contribution < -0.4 is 4.72 Å². The fourth-order valence-corrected chi connectivity index (χ4v) is 4.24. The van der Waals surface area contributed by atoms with Gasteiger partial charge in [-0.2, -0.15) is 0 Å². The van der Waals surface area contributed by atoms with Gasteiger partial charge in [0.15, 0.2) is 0 Å². The third-order valence-electron chi connectivity index (χ3n) is 4.36. The largest absolute Gasteiger partial charge is 0.295 e. The lowest BCUT2D eigenvalue weighted by atomic mass is 10.1. The fraction of sp³-hybridized carbons (Fsp3) is 0.333. The van der Waals surface area contributed by atoms with E-state index in [0.717, 1.165) is 31.5 Å². The Bertz CT molecular complexity index is 757. The summed E-state index contributed by atoms with van der Waals surface area (Å²) in [6.45, 7) is 2.36. The van der Waals surface area contributed by atoms with Crippen LogP contribution in [0.1, 0.15) is 24.4 Å². The van der Waals surface area contributed by atoms with E-state index in [1.165, 1.54) is 12.1 Å². The first-order valence-electron chi connectivity index (χ1n) is 8.10. The molecule has 24 heavy (non-hydrogen) atoms. The van der Waals surface area contributed by atoms with Crippen molar-refractivity contribution in [2.75, 3.05) is 19.6 Å². The van der Waals surface area contributed by atoms with Gasteiger partial charge < -0.3 is 0 Å². The second kappa shape index (κ2) is 7.66. The number of hydrogen-bond acceptors (Lipinski definition) is 3. The summed E-state index contributed by atoms with van der Waals surface area (Å²) in [5.41, 5.74) is 1.14. The molecule has 0 aliphatic carbocycles. The molecule has 0 amide bonds. The molecular formula is C18H21ClN2O2S. The van der Waals surface area contributed by atoms with Crippen LogP contribution in [0.25, 0.3) is 0 Å². The third kappa shape index (κ3) is 4.16.